The van der Waals surface area contributed by atoms with Crippen LogP contribution in [-0.2, 0) is 0 Å². The lowest BCUT2D eigenvalue weighted by Gasteiger charge is -2.54. The van der Waals surface area contributed by atoms with Crippen molar-refractivity contribution >= 4 is 0 Å². The second kappa shape index (κ2) is 5.37. The first kappa shape index (κ1) is 15.3. The second-order valence-electron chi connectivity index (χ2n) is 8.35. The fourth-order valence-electron chi connectivity index (χ4n) is 4.24. The Morgan fingerprint density at radius 1 is 1.21 bits per heavy atom. The third kappa shape index (κ3) is 3.16. The number of nitrogens with two attached hydrogens (primary N) is 1. The molecule has 0 aromatic heterocycles. The highest BCUT2D eigenvalue weighted by Crippen LogP contribution is 2.49. The molecule has 0 saturated heterocycles. The van der Waals surface area contributed by atoms with E-state index in [1.165, 1.54) is 38.6 Å². The molecule has 112 valence electrons. The SMILES string of the molecule is CC(C)CN(C1CC1)C1(CN)CCC(C)(C)CC1C. The molecule has 0 radical (unpaired) electrons. The van der Waals surface area contributed by atoms with Gasteiger partial charge < -0.3 is 5.73 Å². The summed E-state index contributed by atoms with van der Waals surface area (Å²) in [5.74, 6) is 1.46. The lowest BCUT2D eigenvalue weighted by molar-refractivity contribution is -0.0334. The molecule has 2 aliphatic rings. The number of hydrogen-bond donors (Lipinski definition) is 1. The van der Waals surface area contributed by atoms with Gasteiger partial charge in [-0.1, -0.05) is 34.6 Å². The molecule has 2 heteroatoms. The largest absolute Gasteiger partial charge is 0.329 e. The zero-order valence-corrected chi connectivity index (χ0v) is 13.7. The van der Waals surface area contributed by atoms with Crippen LogP contribution in [0.15, 0.2) is 0 Å². The summed E-state index contributed by atoms with van der Waals surface area (Å²) in [5.41, 5.74) is 7.10. The summed E-state index contributed by atoms with van der Waals surface area (Å²) in [6.45, 7) is 14.1. The summed E-state index contributed by atoms with van der Waals surface area (Å²) in [6.07, 6.45) is 6.73. The summed E-state index contributed by atoms with van der Waals surface area (Å²) < 4.78 is 0. The van der Waals surface area contributed by atoms with E-state index in [9.17, 15) is 0 Å². The van der Waals surface area contributed by atoms with Gasteiger partial charge in [-0.25, -0.2) is 0 Å². The Bertz CT molecular complexity index is 306. The highest BCUT2D eigenvalue weighted by atomic mass is 15.3. The Balaban J connectivity index is 2.20. The van der Waals surface area contributed by atoms with Crippen molar-refractivity contribution in [1.82, 2.24) is 4.90 Å². The van der Waals surface area contributed by atoms with Crippen LogP contribution < -0.4 is 5.73 Å². The number of nitrogens with zero attached hydrogens (tertiary/aromatic N) is 1. The van der Waals surface area contributed by atoms with E-state index in [1.807, 2.05) is 0 Å². The second-order valence-corrected chi connectivity index (χ2v) is 8.35. The van der Waals surface area contributed by atoms with Crippen molar-refractivity contribution in [1.29, 1.82) is 0 Å². The van der Waals surface area contributed by atoms with Gasteiger partial charge in [0, 0.05) is 24.7 Å². The van der Waals surface area contributed by atoms with Crippen LogP contribution in [0.2, 0.25) is 0 Å². The quantitative estimate of drug-likeness (QED) is 0.823. The molecule has 2 rings (SSSR count). The van der Waals surface area contributed by atoms with Crippen molar-refractivity contribution in [3.05, 3.63) is 0 Å². The molecule has 2 aliphatic carbocycles. The molecule has 2 fully saturated rings. The van der Waals surface area contributed by atoms with Crippen molar-refractivity contribution < 1.29 is 0 Å². The summed E-state index contributed by atoms with van der Waals surface area (Å²) >= 11 is 0. The van der Waals surface area contributed by atoms with Crippen molar-refractivity contribution in [2.75, 3.05) is 13.1 Å². The van der Waals surface area contributed by atoms with Crippen molar-refractivity contribution in [3.63, 3.8) is 0 Å². The minimum Gasteiger partial charge on any atom is -0.329 e. The maximum atomic E-state index is 6.32. The molecule has 19 heavy (non-hydrogen) atoms. The molecule has 0 heterocycles. The summed E-state index contributed by atoms with van der Waals surface area (Å²) in [7, 11) is 0. The summed E-state index contributed by atoms with van der Waals surface area (Å²) in [6, 6.07) is 0.828. The van der Waals surface area contributed by atoms with Crippen LogP contribution in [0.4, 0.5) is 0 Å². The molecule has 2 saturated carbocycles. The summed E-state index contributed by atoms with van der Waals surface area (Å²) in [5, 5.41) is 0. The van der Waals surface area contributed by atoms with Crippen molar-refractivity contribution in [3.8, 4) is 0 Å². The van der Waals surface area contributed by atoms with Crippen LogP contribution in [0.25, 0.3) is 0 Å². The predicted octanol–water partition coefficient (Wildman–Crippen LogP) is 3.65. The van der Waals surface area contributed by atoms with Crippen LogP contribution in [0.1, 0.15) is 66.7 Å². The Hall–Kier alpha value is -0.0800. The van der Waals surface area contributed by atoms with E-state index < -0.39 is 0 Å². The fraction of sp³-hybridized carbons (Fsp3) is 1.00. The highest BCUT2D eigenvalue weighted by molar-refractivity contribution is 5.06. The third-order valence-corrected chi connectivity index (χ3v) is 5.49. The molecule has 0 bridgehead atoms. The van der Waals surface area contributed by atoms with Gasteiger partial charge in [-0.05, 0) is 49.4 Å². The van der Waals surface area contributed by atoms with Crippen molar-refractivity contribution in [2.24, 2.45) is 23.0 Å². The molecule has 0 aromatic rings. The maximum Gasteiger partial charge on any atom is 0.0360 e. The highest BCUT2D eigenvalue weighted by Gasteiger charge is 2.50. The Morgan fingerprint density at radius 3 is 2.26 bits per heavy atom. The Kier molecular flexibility index (Phi) is 4.32. The molecular formula is C17H34N2. The number of hydrogen-bond acceptors (Lipinski definition) is 2. The average Bonchev–Trinajstić information content (AvgIpc) is 3.10. The molecule has 2 nitrogen and oxygen atoms in total. The van der Waals surface area contributed by atoms with E-state index in [2.05, 4.69) is 39.5 Å². The van der Waals surface area contributed by atoms with Crippen molar-refractivity contribution in [2.45, 2.75) is 78.3 Å². The van der Waals surface area contributed by atoms with E-state index >= 15 is 0 Å². The normalized spacial score (nSPS) is 35.1. The van der Waals surface area contributed by atoms with Gasteiger partial charge in [0.2, 0.25) is 0 Å². The zero-order chi connectivity index (χ0) is 14.3. The van der Waals surface area contributed by atoms with Crippen LogP contribution in [0.3, 0.4) is 0 Å². The monoisotopic (exact) mass is 266 g/mol. The summed E-state index contributed by atoms with van der Waals surface area (Å²) in [4.78, 5) is 2.82. The smallest absolute Gasteiger partial charge is 0.0360 e. The van der Waals surface area contributed by atoms with Gasteiger partial charge >= 0.3 is 0 Å². The van der Waals surface area contributed by atoms with E-state index in [1.54, 1.807) is 0 Å². The van der Waals surface area contributed by atoms with Gasteiger partial charge in [0.1, 0.15) is 0 Å². The van der Waals surface area contributed by atoms with Gasteiger partial charge in [-0.3, -0.25) is 4.90 Å². The Morgan fingerprint density at radius 2 is 1.84 bits per heavy atom. The Labute approximate surface area is 120 Å². The predicted molar refractivity (Wildman–Crippen MR) is 83.1 cm³/mol. The van der Waals surface area contributed by atoms with Gasteiger partial charge in [-0.15, -0.1) is 0 Å². The van der Waals surface area contributed by atoms with E-state index in [0.717, 1.165) is 24.4 Å². The standard InChI is InChI=1S/C17H34N2/c1-13(2)11-19(15-6-7-15)17(12-18)9-8-16(4,5)10-14(17)3/h13-15H,6-12,18H2,1-5H3. The van der Waals surface area contributed by atoms with E-state index in [0.29, 0.717) is 5.41 Å². The molecule has 0 aromatic carbocycles. The number of rotatable bonds is 5. The van der Waals surface area contributed by atoms with Crippen LogP contribution in [-0.4, -0.2) is 29.6 Å². The first-order valence-corrected chi connectivity index (χ1v) is 8.27. The average molecular weight is 266 g/mol. The first-order valence-electron chi connectivity index (χ1n) is 8.27. The molecule has 2 atom stereocenters. The van der Waals surface area contributed by atoms with E-state index in [-0.39, 0.29) is 5.54 Å². The van der Waals surface area contributed by atoms with Crippen LogP contribution in [0.5, 0.6) is 0 Å². The lowest BCUT2D eigenvalue weighted by atomic mass is 9.63. The zero-order valence-electron chi connectivity index (χ0n) is 13.7. The van der Waals surface area contributed by atoms with Gasteiger partial charge in [0.05, 0.1) is 0 Å². The molecule has 2 N–H and O–H groups in total. The maximum absolute atomic E-state index is 6.32. The molecule has 0 spiro atoms. The molecule has 0 aliphatic heterocycles. The topological polar surface area (TPSA) is 29.3 Å². The third-order valence-electron chi connectivity index (χ3n) is 5.49. The molecule has 0 amide bonds. The van der Waals surface area contributed by atoms with Gasteiger partial charge in [0.15, 0.2) is 0 Å². The van der Waals surface area contributed by atoms with Crippen LogP contribution >= 0.6 is 0 Å². The lowest BCUT2D eigenvalue weighted by Crippen LogP contribution is -2.62. The first-order chi connectivity index (χ1) is 8.81. The van der Waals surface area contributed by atoms with Gasteiger partial charge in [-0.2, -0.15) is 0 Å². The van der Waals surface area contributed by atoms with Gasteiger partial charge in [0.25, 0.3) is 0 Å². The molecular weight excluding hydrogens is 232 g/mol. The van der Waals surface area contributed by atoms with Crippen LogP contribution in [0, 0.1) is 17.3 Å². The fourth-order valence-corrected chi connectivity index (χ4v) is 4.24. The van der Waals surface area contributed by atoms with E-state index in [4.69, 9.17) is 5.73 Å². The molecule has 2 unspecified atom stereocenters. The minimum absolute atomic E-state index is 0.279. The minimum atomic E-state index is 0.279.